The van der Waals surface area contributed by atoms with Gasteiger partial charge in [-0.2, -0.15) is 0 Å². The van der Waals surface area contributed by atoms with Gasteiger partial charge in [-0.25, -0.2) is 0 Å². The third-order valence-corrected chi connectivity index (χ3v) is 5.81. The summed E-state index contributed by atoms with van der Waals surface area (Å²) in [5.41, 5.74) is 5.11. The second kappa shape index (κ2) is 4.12. The number of rotatable bonds is 1. The van der Waals surface area contributed by atoms with Gasteiger partial charge in [-0.3, -0.25) is 4.79 Å². The van der Waals surface area contributed by atoms with E-state index in [1.54, 1.807) is 0 Å². The van der Waals surface area contributed by atoms with Crippen LogP contribution in [0, 0.1) is 12.8 Å². The minimum absolute atomic E-state index is 0.148. The topological polar surface area (TPSA) is 36.1 Å². The molecule has 0 spiro atoms. The molecular weight excluding hydrogens is 260 g/mol. The minimum atomic E-state index is -0.148. The van der Waals surface area contributed by atoms with Crippen molar-refractivity contribution < 1.29 is 4.79 Å². The molecule has 110 valence electrons. The van der Waals surface area contributed by atoms with Gasteiger partial charge in [-0.1, -0.05) is 31.5 Å². The molecule has 0 unspecified atom stereocenters. The lowest BCUT2D eigenvalue weighted by Crippen LogP contribution is -2.48. The maximum Gasteiger partial charge on any atom is 0.223 e. The number of aromatic amines is 1. The van der Waals surface area contributed by atoms with Crippen molar-refractivity contribution in [3.8, 4) is 0 Å². The van der Waals surface area contributed by atoms with Crippen molar-refractivity contribution in [3.05, 3.63) is 35.0 Å². The Morgan fingerprint density at radius 2 is 2.24 bits per heavy atom. The van der Waals surface area contributed by atoms with E-state index in [1.807, 2.05) is 0 Å². The van der Waals surface area contributed by atoms with Gasteiger partial charge in [-0.05, 0) is 37.3 Å². The monoisotopic (exact) mass is 282 g/mol. The van der Waals surface area contributed by atoms with Gasteiger partial charge in [0.1, 0.15) is 0 Å². The molecule has 1 aromatic heterocycles. The number of aromatic nitrogens is 1. The summed E-state index contributed by atoms with van der Waals surface area (Å²) in [6.45, 7) is 7.48. The number of nitrogens with zero attached hydrogens (tertiary/aromatic N) is 1. The van der Waals surface area contributed by atoms with Gasteiger partial charge in [0, 0.05) is 29.6 Å². The highest BCUT2D eigenvalue weighted by atomic mass is 16.2. The summed E-state index contributed by atoms with van der Waals surface area (Å²) < 4.78 is 0. The van der Waals surface area contributed by atoms with E-state index in [-0.39, 0.29) is 5.54 Å². The SMILES string of the molecule is CC[C@@H]1CC(=O)N2CCc3c([nH]c4c(C)cccc34)[C@@]12C. The number of para-hydroxylation sites is 1. The molecule has 4 rings (SSSR count). The molecule has 2 aliphatic rings. The van der Waals surface area contributed by atoms with Crippen LogP contribution in [0.3, 0.4) is 0 Å². The molecule has 1 saturated heterocycles. The highest BCUT2D eigenvalue weighted by Crippen LogP contribution is 2.50. The first-order valence-electron chi connectivity index (χ1n) is 7.98. The van der Waals surface area contributed by atoms with Crippen LogP contribution >= 0.6 is 0 Å². The quantitative estimate of drug-likeness (QED) is 0.853. The lowest BCUT2D eigenvalue weighted by molar-refractivity contribution is -0.131. The zero-order valence-electron chi connectivity index (χ0n) is 13.0. The lowest BCUT2D eigenvalue weighted by Gasteiger charge is -2.42. The van der Waals surface area contributed by atoms with Gasteiger partial charge in [-0.15, -0.1) is 0 Å². The zero-order valence-corrected chi connectivity index (χ0v) is 13.0. The average Bonchev–Trinajstić information content (AvgIpc) is 2.97. The van der Waals surface area contributed by atoms with Crippen molar-refractivity contribution in [2.75, 3.05) is 6.54 Å². The van der Waals surface area contributed by atoms with Crippen LogP contribution in [0.2, 0.25) is 0 Å². The Bertz CT molecular complexity index is 745. The number of aryl methyl sites for hydroxylation is 1. The van der Waals surface area contributed by atoms with Crippen molar-refractivity contribution in [1.82, 2.24) is 9.88 Å². The van der Waals surface area contributed by atoms with E-state index in [2.05, 4.69) is 48.9 Å². The second-order valence-corrected chi connectivity index (χ2v) is 6.73. The molecule has 0 radical (unpaired) electrons. The van der Waals surface area contributed by atoms with E-state index in [0.29, 0.717) is 18.2 Å². The molecule has 2 aliphatic heterocycles. The Hall–Kier alpha value is -1.77. The van der Waals surface area contributed by atoms with E-state index in [1.165, 1.54) is 27.7 Å². The predicted molar refractivity (Wildman–Crippen MR) is 84.2 cm³/mol. The van der Waals surface area contributed by atoms with Gasteiger partial charge in [0.25, 0.3) is 0 Å². The first-order chi connectivity index (χ1) is 10.1. The first-order valence-corrected chi connectivity index (χ1v) is 7.98. The molecule has 3 heteroatoms. The molecule has 2 atom stereocenters. The summed E-state index contributed by atoms with van der Waals surface area (Å²) >= 11 is 0. The van der Waals surface area contributed by atoms with E-state index >= 15 is 0 Å². The lowest BCUT2D eigenvalue weighted by atomic mass is 9.78. The number of amides is 1. The Kier molecular flexibility index (Phi) is 2.54. The predicted octanol–water partition coefficient (Wildman–Crippen LogP) is 3.51. The van der Waals surface area contributed by atoms with Gasteiger partial charge < -0.3 is 9.88 Å². The average molecular weight is 282 g/mol. The van der Waals surface area contributed by atoms with Crippen LogP contribution in [0.1, 0.15) is 43.5 Å². The van der Waals surface area contributed by atoms with Crippen LogP contribution < -0.4 is 0 Å². The van der Waals surface area contributed by atoms with E-state index in [0.717, 1.165) is 19.4 Å². The summed E-state index contributed by atoms with van der Waals surface area (Å²) in [4.78, 5) is 18.2. The number of carbonyl (C=O) groups is 1. The van der Waals surface area contributed by atoms with Gasteiger partial charge in [0.2, 0.25) is 5.91 Å². The Balaban J connectivity index is 2.01. The number of fused-ring (bicyclic) bond motifs is 5. The van der Waals surface area contributed by atoms with Crippen LogP contribution in [-0.2, 0) is 16.8 Å². The molecule has 1 N–H and O–H groups in total. The van der Waals surface area contributed by atoms with E-state index < -0.39 is 0 Å². The Morgan fingerprint density at radius 1 is 1.43 bits per heavy atom. The van der Waals surface area contributed by atoms with Crippen molar-refractivity contribution in [2.24, 2.45) is 5.92 Å². The fourth-order valence-corrected chi connectivity index (χ4v) is 4.57. The highest BCUT2D eigenvalue weighted by Gasteiger charge is 2.53. The Morgan fingerprint density at radius 3 is 3.00 bits per heavy atom. The van der Waals surface area contributed by atoms with Gasteiger partial charge in [0.15, 0.2) is 0 Å². The molecular formula is C18H22N2O. The fourth-order valence-electron chi connectivity index (χ4n) is 4.57. The molecule has 2 aromatic rings. The van der Waals surface area contributed by atoms with Crippen LogP contribution in [0.25, 0.3) is 10.9 Å². The third-order valence-electron chi connectivity index (χ3n) is 5.81. The first kappa shape index (κ1) is 12.9. The smallest absolute Gasteiger partial charge is 0.223 e. The summed E-state index contributed by atoms with van der Waals surface area (Å²) in [7, 11) is 0. The third kappa shape index (κ3) is 1.47. The highest BCUT2D eigenvalue weighted by molar-refractivity contribution is 5.89. The summed E-state index contributed by atoms with van der Waals surface area (Å²) in [6.07, 6.45) is 2.71. The molecule has 0 aliphatic carbocycles. The standard InChI is InChI=1S/C18H22N2O/c1-4-12-10-15(21)20-9-8-14-13-7-5-6-11(2)16(13)19-17(14)18(12,20)3/h5-7,12,19H,4,8-10H2,1-3H3/t12-,18-/m1/s1. The molecule has 1 fully saturated rings. The van der Waals surface area contributed by atoms with Crippen LogP contribution in [0.15, 0.2) is 18.2 Å². The molecule has 1 aromatic carbocycles. The fraction of sp³-hybridized carbons (Fsp3) is 0.500. The second-order valence-electron chi connectivity index (χ2n) is 6.73. The molecule has 21 heavy (non-hydrogen) atoms. The van der Waals surface area contributed by atoms with Crippen LogP contribution in [0.4, 0.5) is 0 Å². The number of hydrogen-bond acceptors (Lipinski definition) is 1. The largest absolute Gasteiger partial charge is 0.356 e. The van der Waals surface area contributed by atoms with Crippen molar-refractivity contribution in [1.29, 1.82) is 0 Å². The molecule has 3 nitrogen and oxygen atoms in total. The van der Waals surface area contributed by atoms with Crippen LogP contribution in [0.5, 0.6) is 0 Å². The normalized spacial score (nSPS) is 28.0. The Labute approximate surface area is 125 Å². The number of carbonyl (C=O) groups excluding carboxylic acids is 1. The van der Waals surface area contributed by atoms with E-state index in [4.69, 9.17) is 0 Å². The number of H-pyrrole nitrogens is 1. The maximum atomic E-state index is 12.4. The summed E-state index contributed by atoms with van der Waals surface area (Å²) in [5, 5.41) is 1.35. The molecule has 3 heterocycles. The molecule has 0 bridgehead atoms. The molecule has 0 saturated carbocycles. The number of nitrogens with one attached hydrogen (secondary N) is 1. The number of benzene rings is 1. The summed E-state index contributed by atoms with van der Waals surface area (Å²) in [5.74, 6) is 0.739. The van der Waals surface area contributed by atoms with Gasteiger partial charge >= 0.3 is 0 Å². The van der Waals surface area contributed by atoms with Gasteiger partial charge in [0.05, 0.1) is 5.54 Å². The zero-order chi connectivity index (χ0) is 14.8. The van der Waals surface area contributed by atoms with Crippen molar-refractivity contribution >= 4 is 16.8 Å². The van der Waals surface area contributed by atoms with Crippen LogP contribution in [-0.4, -0.2) is 22.3 Å². The van der Waals surface area contributed by atoms with Crippen molar-refractivity contribution in [2.45, 2.75) is 45.6 Å². The van der Waals surface area contributed by atoms with E-state index in [9.17, 15) is 4.79 Å². The summed E-state index contributed by atoms with van der Waals surface area (Å²) in [6, 6.07) is 6.51. The number of hydrogen-bond donors (Lipinski definition) is 1. The maximum absolute atomic E-state index is 12.4. The van der Waals surface area contributed by atoms with Crippen molar-refractivity contribution in [3.63, 3.8) is 0 Å². The minimum Gasteiger partial charge on any atom is -0.356 e. The molecule has 1 amide bonds.